The zero-order valence-corrected chi connectivity index (χ0v) is 14.6. The Kier molecular flexibility index (Phi) is 5.53. The quantitative estimate of drug-likeness (QED) is 0.227. The first-order valence-corrected chi connectivity index (χ1v) is 7.26. The summed E-state index contributed by atoms with van der Waals surface area (Å²) < 4.78 is 30.5. The van der Waals surface area contributed by atoms with Gasteiger partial charge in [-0.05, 0) is 13.8 Å². The fraction of sp³-hybridized carbons (Fsp3) is 0.778. The molecule has 3 unspecified atom stereocenters. The Morgan fingerprint density at radius 3 is 2.33 bits per heavy atom. The van der Waals surface area contributed by atoms with Gasteiger partial charge in [-0.25, -0.2) is 0 Å². The molecule has 100 valence electrons. The molecular formula is C9H16NNaO5S2. The number of hydrogen-bond acceptors (Lipinski definition) is 5. The standard InChI is InChI=1S/C9H15NO5S2.Na.H/c1-6-5-8(3,17(13,14)15)7(2)16-9(6,4)10(11)12;;/h5,7H,1-4H3,(H,13,14,15);;/q;+1;-1. The Morgan fingerprint density at radius 1 is 1.56 bits per heavy atom. The van der Waals surface area contributed by atoms with Gasteiger partial charge in [0.25, 0.3) is 15.0 Å². The first-order valence-electron chi connectivity index (χ1n) is 4.94. The summed E-state index contributed by atoms with van der Waals surface area (Å²) in [6.07, 6.45) is 1.28. The maximum absolute atomic E-state index is 11.4. The minimum absolute atomic E-state index is 0. The molecule has 6 nitrogen and oxygen atoms in total. The molecule has 0 aromatic carbocycles. The maximum atomic E-state index is 11.4. The molecule has 3 atom stereocenters. The van der Waals surface area contributed by atoms with E-state index in [4.69, 9.17) is 0 Å². The van der Waals surface area contributed by atoms with Gasteiger partial charge in [0, 0.05) is 22.7 Å². The van der Waals surface area contributed by atoms with E-state index < -0.39 is 29.9 Å². The maximum Gasteiger partial charge on any atom is 1.00 e. The van der Waals surface area contributed by atoms with Gasteiger partial charge in [-0.1, -0.05) is 24.8 Å². The van der Waals surface area contributed by atoms with E-state index in [1.807, 2.05) is 0 Å². The first-order chi connectivity index (χ1) is 7.45. The van der Waals surface area contributed by atoms with Crippen LogP contribution in [-0.4, -0.2) is 32.8 Å². The molecule has 0 radical (unpaired) electrons. The van der Waals surface area contributed by atoms with Crippen LogP contribution in [0.15, 0.2) is 11.6 Å². The second kappa shape index (κ2) is 5.41. The van der Waals surface area contributed by atoms with E-state index in [-0.39, 0.29) is 31.0 Å². The molecule has 0 saturated carbocycles. The van der Waals surface area contributed by atoms with Crippen molar-refractivity contribution < 1.29 is 48.9 Å². The molecular weight excluding hydrogens is 289 g/mol. The zero-order chi connectivity index (χ0) is 13.6. The van der Waals surface area contributed by atoms with Crippen molar-refractivity contribution in [3.05, 3.63) is 21.8 Å². The Bertz CT molecular complexity index is 497. The molecule has 1 aliphatic rings. The third kappa shape index (κ3) is 2.78. The number of hydrogen-bond donors (Lipinski definition) is 1. The van der Waals surface area contributed by atoms with Crippen molar-refractivity contribution >= 4 is 21.9 Å². The van der Waals surface area contributed by atoms with Crippen molar-refractivity contribution in [1.29, 1.82) is 0 Å². The van der Waals surface area contributed by atoms with E-state index in [0.29, 0.717) is 5.57 Å². The van der Waals surface area contributed by atoms with Gasteiger partial charge >= 0.3 is 29.6 Å². The van der Waals surface area contributed by atoms with Crippen molar-refractivity contribution in [3.8, 4) is 0 Å². The SMILES string of the molecule is CC1=CC(C)(S(=O)(=O)O)C(C)SC1(C)[N+](=O)[O-].[H-].[Na+]. The Morgan fingerprint density at radius 2 is 2.00 bits per heavy atom. The van der Waals surface area contributed by atoms with Crippen molar-refractivity contribution in [2.75, 3.05) is 0 Å². The summed E-state index contributed by atoms with van der Waals surface area (Å²) in [5, 5.41) is 10.4. The van der Waals surface area contributed by atoms with E-state index in [1.165, 1.54) is 26.8 Å². The Labute approximate surface area is 134 Å². The molecule has 1 rings (SSSR count). The van der Waals surface area contributed by atoms with Gasteiger partial charge in [-0.15, -0.1) is 0 Å². The van der Waals surface area contributed by atoms with Crippen LogP contribution in [0.1, 0.15) is 29.1 Å². The largest absolute Gasteiger partial charge is 1.00 e. The van der Waals surface area contributed by atoms with Crippen LogP contribution < -0.4 is 29.6 Å². The summed E-state index contributed by atoms with van der Waals surface area (Å²) in [5.74, 6) is 0. The summed E-state index contributed by atoms with van der Waals surface area (Å²) in [6, 6.07) is 0. The normalized spacial score (nSPS) is 36.5. The van der Waals surface area contributed by atoms with Gasteiger partial charge in [-0.3, -0.25) is 14.7 Å². The molecule has 0 bridgehead atoms. The van der Waals surface area contributed by atoms with Crippen LogP contribution in [0.2, 0.25) is 0 Å². The van der Waals surface area contributed by atoms with Crippen molar-refractivity contribution in [1.82, 2.24) is 0 Å². The topological polar surface area (TPSA) is 97.5 Å². The number of rotatable bonds is 2. The zero-order valence-electron chi connectivity index (χ0n) is 12.0. The number of nitro groups is 1. The van der Waals surface area contributed by atoms with Gasteiger partial charge in [0.15, 0.2) is 0 Å². The van der Waals surface area contributed by atoms with E-state index in [1.54, 1.807) is 6.92 Å². The molecule has 1 aliphatic heterocycles. The van der Waals surface area contributed by atoms with Gasteiger partial charge in [0.1, 0.15) is 4.75 Å². The van der Waals surface area contributed by atoms with E-state index >= 15 is 0 Å². The average Bonchev–Trinajstić information content (AvgIpc) is 2.12. The fourth-order valence-corrected chi connectivity index (χ4v) is 4.28. The molecule has 0 aliphatic carbocycles. The smallest absolute Gasteiger partial charge is 1.00 e. The summed E-state index contributed by atoms with van der Waals surface area (Å²) in [5.41, 5.74) is 0.325. The minimum Gasteiger partial charge on any atom is -1.00 e. The van der Waals surface area contributed by atoms with Gasteiger partial charge in [0.2, 0.25) is 0 Å². The molecule has 0 saturated heterocycles. The molecule has 0 amide bonds. The summed E-state index contributed by atoms with van der Waals surface area (Å²) >= 11 is 0.932. The van der Waals surface area contributed by atoms with E-state index in [9.17, 15) is 23.1 Å². The Balaban J connectivity index is 0. The summed E-state index contributed by atoms with van der Waals surface area (Å²) in [6.45, 7) is 5.86. The van der Waals surface area contributed by atoms with Crippen LogP contribution in [0.25, 0.3) is 0 Å². The van der Waals surface area contributed by atoms with Crippen LogP contribution in [-0.2, 0) is 10.1 Å². The van der Waals surface area contributed by atoms with Crippen LogP contribution in [0.4, 0.5) is 0 Å². The van der Waals surface area contributed by atoms with E-state index in [0.717, 1.165) is 11.8 Å². The van der Waals surface area contributed by atoms with Crippen LogP contribution in [0.5, 0.6) is 0 Å². The van der Waals surface area contributed by atoms with Crippen LogP contribution in [0.3, 0.4) is 0 Å². The monoisotopic (exact) mass is 305 g/mol. The predicted molar refractivity (Wildman–Crippen MR) is 67.3 cm³/mol. The van der Waals surface area contributed by atoms with Crippen molar-refractivity contribution in [2.24, 2.45) is 0 Å². The summed E-state index contributed by atoms with van der Waals surface area (Å²) in [7, 11) is -4.30. The average molecular weight is 305 g/mol. The van der Waals surface area contributed by atoms with Crippen molar-refractivity contribution in [2.45, 2.75) is 42.6 Å². The molecule has 0 aromatic heterocycles. The van der Waals surface area contributed by atoms with E-state index in [2.05, 4.69) is 0 Å². The van der Waals surface area contributed by atoms with Gasteiger partial charge in [0.05, 0.1) is 0 Å². The first kappa shape index (κ1) is 18.4. The van der Waals surface area contributed by atoms with Gasteiger partial charge in [-0.2, -0.15) is 8.42 Å². The molecule has 0 spiro atoms. The number of thioether (sulfide) groups is 1. The molecule has 0 fully saturated rings. The minimum atomic E-state index is -4.30. The Hall–Kier alpha value is 0.400. The summed E-state index contributed by atoms with van der Waals surface area (Å²) in [4.78, 5) is 9.24. The molecule has 9 heteroatoms. The fourth-order valence-electron chi connectivity index (χ4n) is 1.71. The van der Waals surface area contributed by atoms with Gasteiger partial charge < -0.3 is 1.43 Å². The third-order valence-electron chi connectivity index (χ3n) is 3.35. The van der Waals surface area contributed by atoms with Crippen molar-refractivity contribution in [3.63, 3.8) is 0 Å². The van der Waals surface area contributed by atoms with Crippen LogP contribution >= 0.6 is 11.8 Å². The molecule has 18 heavy (non-hydrogen) atoms. The molecule has 1 heterocycles. The predicted octanol–water partition coefficient (Wildman–Crippen LogP) is -1.18. The molecule has 0 aromatic rings. The van der Waals surface area contributed by atoms with Crippen LogP contribution in [0, 0.1) is 10.1 Å². The number of nitrogens with zero attached hydrogens (tertiary/aromatic N) is 1. The second-order valence-corrected chi connectivity index (χ2v) is 8.05. The second-order valence-electron chi connectivity index (χ2n) is 4.49. The third-order valence-corrected chi connectivity index (χ3v) is 6.86. The molecule has 1 N–H and O–H groups in total.